The second-order valence-corrected chi connectivity index (χ2v) is 6.68. The molecule has 0 unspecified atom stereocenters. The van der Waals surface area contributed by atoms with Crippen LogP contribution in [0.2, 0.25) is 0 Å². The molecule has 0 saturated heterocycles. The number of unbranched alkanes of at least 4 members (excludes halogenated alkanes) is 1. The molecule has 0 radical (unpaired) electrons. The Labute approximate surface area is 160 Å². The molecule has 0 aliphatic rings. The summed E-state index contributed by atoms with van der Waals surface area (Å²) in [5.74, 6) is 0. The Morgan fingerprint density at radius 3 is 2.67 bits per heavy atom. The van der Waals surface area contributed by atoms with Crippen LogP contribution in [0.5, 0.6) is 0 Å². The highest BCUT2D eigenvalue weighted by Gasteiger charge is 2.02. The summed E-state index contributed by atoms with van der Waals surface area (Å²) < 4.78 is 2.04. The van der Waals surface area contributed by atoms with Crippen molar-refractivity contribution in [2.24, 2.45) is 0 Å². The van der Waals surface area contributed by atoms with Crippen LogP contribution in [-0.4, -0.2) is 22.1 Å². The van der Waals surface area contributed by atoms with Crippen molar-refractivity contribution in [1.82, 2.24) is 20.2 Å². The summed E-state index contributed by atoms with van der Waals surface area (Å²) >= 11 is 0. The molecule has 0 aliphatic carbocycles. The summed E-state index contributed by atoms with van der Waals surface area (Å²) in [5.41, 5.74) is 4.68. The second-order valence-electron chi connectivity index (χ2n) is 6.68. The van der Waals surface area contributed by atoms with E-state index in [0.29, 0.717) is 13.1 Å². The van der Waals surface area contributed by atoms with Gasteiger partial charge in [-0.25, -0.2) is 9.78 Å². The Morgan fingerprint density at radius 1 is 1.04 bits per heavy atom. The van der Waals surface area contributed by atoms with Gasteiger partial charge in [0.15, 0.2) is 0 Å². The molecule has 0 fully saturated rings. The zero-order chi connectivity index (χ0) is 18.9. The Morgan fingerprint density at radius 2 is 1.89 bits per heavy atom. The quantitative estimate of drug-likeness (QED) is 0.592. The van der Waals surface area contributed by atoms with Gasteiger partial charge in [0.25, 0.3) is 0 Å². The number of hydrogen-bond donors (Lipinski definition) is 2. The molecule has 0 aliphatic heterocycles. The van der Waals surface area contributed by atoms with E-state index in [4.69, 9.17) is 0 Å². The SMILES string of the molecule is Cc1ccc(-c2cccc(CNC(=O)NCCCCn3ccnc3)c2)cc1. The summed E-state index contributed by atoms with van der Waals surface area (Å²) in [5, 5.41) is 5.84. The van der Waals surface area contributed by atoms with Crippen LogP contribution in [-0.2, 0) is 13.1 Å². The van der Waals surface area contributed by atoms with E-state index in [2.05, 4.69) is 58.9 Å². The molecule has 1 heterocycles. The zero-order valence-electron chi connectivity index (χ0n) is 15.7. The molecule has 0 atom stereocenters. The topological polar surface area (TPSA) is 59.0 Å². The first-order valence-corrected chi connectivity index (χ1v) is 9.34. The molecule has 5 heteroatoms. The van der Waals surface area contributed by atoms with Gasteiger partial charge in [-0.1, -0.05) is 48.0 Å². The smallest absolute Gasteiger partial charge is 0.315 e. The van der Waals surface area contributed by atoms with Crippen LogP contribution < -0.4 is 10.6 Å². The number of amides is 2. The van der Waals surface area contributed by atoms with Crippen LogP contribution in [0.4, 0.5) is 4.79 Å². The molecule has 3 aromatic rings. The van der Waals surface area contributed by atoms with Gasteiger partial charge in [0.2, 0.25) is 0 Å². The van der Waals surface area contributed by atoms with Crippen molar-refractivity contribution in [1.29, 1.82) is 0 Å². The maximum absolute atomic E-state index is 12.0. The van der Waals surface area contributed by atoms with Crippen LogP contribution in [0, 0.1) is 6.92 Å². The fourth-order valence-corrected chi connectivity index (χ4v) is 2.89. The first-order valence-electron chi connectivity index (χ1n) is 9.34. The molecule has 2 aromatic carbocycles. The van der Waals surface area contributed by atoms with Crippen molar-refractivity contribution >= 4 is 6.03 Å². The van der Waals surface area contributed by atoms with Crippen molar-refractivity contribution < 1.29 is 4.79 Å². The number of nitrogens with zero attached hydrogens (tertiary/aromatic N) is 2. The largest absolute Gasteiger partial charge is 0.338 e. The standard InChI is InChI=1S/C22H26N4O/c1-18-7-9-20(10-8-18)21-6-4-5-19(15-21)16-25-22(27)24-11-2-3-13-26-14-12-23-17-26/h4-10,12,14-15,17H,2-3,11,13,16H2,1H3,(H2,24,25,27). The predicted molar refractivity (Wildman–Crippen MR) is 108 cm³/mol. The molecule has 0 bridgehead atoms. The average Bonchev–Trinajstić information content (AvgIpc) is 3.20. The summed E-state index contributed by atoms with van der Waals surface area (Å²) in [7, 11) is 0. The summed E-state index contributed by atoms with van der Waals surface area (Å²) in [6.45, 7) is 4.19. The van der Waals surface area contributed by atoms with Crippen LogP contribution in [0.25, 0.3) is 11.1 Å². The van der Waals surface area contributed by atoms with Gasteiger partial charge in [-0.2, -0.15) is 0 Å². The lowest BCUT2D eigenvalue weighted by Crippen LogP contribution is -2.35. The van der Waals surface area contributed by atoms with Crippen molar-refractivity contribution in [3.8, 4) is 11.1 Å². The number of aryl methyl sites for hydroxylation is 2. The van der Waals surface area contributed by atoms with Crippen molar-refractivity contribution in [2.75, 3.05) is 6.54 Å². The van der Waals surface area contributed by atoms with E-state index in [1.54, 1.807) is 6.20 Å². The summed E-state index contributed by atoms with van der Waals surface area (Å²) in [6, 6.07) is 16.6. The minimum atomic E-state index is -0.127. The summed E-state index contributed by atoms with van der Waals surface area (Å²) in [6.07, 6.45) is 7.49. The number of urea groups is 1. The van der Waals surface area contributed by atoms with Gasteiger partial charge in [0.05, 0.1) is 6.33 Å². The molecule has 0 saturated carbocycles. The highest BCUT2D eigenvalue weighted by atomic mass is 16.2. The maximum Gasteiger partial charge on any atom is 0.315 e. The number of rotatable bonds is 8. The first-order chi connectivity index (χ1) is 13.2. The molecule has 5 nitrogen and oxygen atoms in total. The molecule has 2 N–H and O–H groups in total. The van der Waals surface area contributed by atoms with E-state index >= 15 is 0 Å². The summed E-state index contributed by atoms with van der Waals surface area (Å²) in [4.78, 5) is 16.0. The normalized spacial score (nSPS) is 10.6. The number of aromatic nitrogens is 2. The van der Waals surface area contributed by atoms with Gasteiger partial charge >= 0.3 is 6.03 Å². The average molecular weight is 362 g/mol. The molecule has 3 rings (SSSR count). The van der Waals surface area contributed by atoms with Crippen molar-refractivity contribution in [2.45, 2.75) is 32.9 Å². The third-order valence-electron chi connectivity index (χ3n) is 4.45. The van der Waals surface area contributed by atoms with E-state index in [-0.39, 0.29) is 6.03 Å². The number of carbonyl (C=O) groups is 1. The lowest BCUT2D eigenvalue weighted by molar-refractivity contribution is 0.240. The van der Waals surface area contributed by atoms with Gasteiger partial charge in [-0.15, -0.1) is 0 Å². The van der Waals surface area contributed by atoms with Crippen LogP contribution in [0.3, 0.4) is 0 Å². The molecule has 140 valence electrons. The highest BCUT2D eigenvalue weighted by Crippen LogP contribution is 2.20. The maximum atomic E-state index is 12.0. The highest BCUT2D eigenvalue weighted by molar-refractivity contribution is 5.74. The molecule has 2 amide bonds. The van der Waals surface area contributed by atoms with Crippen molar-refractivity contribution in [3.63, 3.8) is 0 Å². The van der Waals surface area contributed by atoms with Crippen LogP contribution >= 0.6 is 0 Å². The number of carbonyl (C=O) groups excluding carboxylic acids is 1. The van der Waals surface area contributed by atoms with Gasteiger partial charge in [-0.05, 0) is 42.5 Å². The molecule has 0 spiro atoms. The zero-order valence-corrected chi connectivity index (χ0v) is 15.7. The Balaban J connectivity index is 1.39. The lowest BCUT2D eigenvalue weighted by Gasteiger charge is -2.09. The van der Waals surface area contributed by atoms with E-state index in [0.717, 1.165) is 30.5 Å². The van der Waals surface area contributed by atoms with E-state index < -0.39 is 0 Å². The fourth-order valence-electron chi connectivity index (χ4n) is 2.89. The van der Waals surface area contributed by atoms with E-state index in [1.807, 2.05) is 29.2 Å². The predicted octanol–water partition coefficient (Wildman–Crippen LogP) is 4.14. The second kappa shape index (κ2) is 9.57. The van der Waals surface area contributed by atoms with E-state index in [9.17, 15) is 4.79 Å². The van der Waals surface area contributed by atoms with Crippen LogP contribution in [0.1, 0.15) is 24.0 Å². The van der Waals surface area contributed by atoms with Gasteiger partial charge in [-0.3, -0.25) is 0 Å². The number of hydrogen-bond acceptors (Lipinski definition) is 2. The molecular weight excluding hydrogens is 336 g/mol. The third kappa shape index (κ3) is 5.99. The van der Waals surface area contributed by atoms with E-state index in [1.165, 1.54) is 11.1 Å². The fraction of sp³-hybridized carbons (Fsp3) is 0.273. The number of nitrogens with one attached hydrogen (secondary N) is 2. The number of benzene rings is 2. The Kier molecular flexibility index (Phi) is 6.63. The molecule has 27 heavy (non-hydrogen) atoms. The molecular formula is C22H26N4O. The third-order valence-corrected chi connectivity index (χ3v) is 4.45. The minimum Gasteiger partial charge on any atom is -0.338 e. The van der Waals surface area contributed by atoms with Crippen molar-refractivity contribution in [3.05, 3.63) is 78.4 Å². The number of imidazole rings is 1. The Bertz CT molecular complexity index is 841. The lowest BCUT2D eigenvalue weighted by atomic mass is 10.0. The molecule has 1 aromatic heterocycles. The van der Waals surface area contributed by atoms with Gasteiger partial charge < -0.3 is 15.2 Å². The minimum absolute atomic E-state index is 0.127. The van der Waals surface area contributed by atoms with Crippen LogP contribution in [0.15, 0.2) is 67.3 Å². The Hall–Kier alpha value is -3.08. The van der Waals surface area contributed by atoms with Gasteiger partial charge in [0.1, 0.15) is 0 Å². The monoisotopic (exact) mass is 362 g/mol. The first kappa shape index (κ1) is 18.7. The van der Waals surface area contributed by atoms with Gasteiger partial charge in [0, 0.05) is 32.0 Å².